The minimum absolute atomic E-state index is 0.136. The van der Waals surface area contributed by atoms with Gasteiger partial charge in [0.1, 0.15) is 6.04 Å². The van der Waals surface area contributed by atoms with Crippen LogP contribution in [-0.2, 0) is 16.0 Å². The molecule has 0 unspecified atom stereocenters. The Balaban J connectivity index is 2.01. The summed E-state index contributed by atoms with van der Waals surface area (Å²) in [5, 5.41) is 3.33. The molecule has 20 heavy (non-hydrogen) atoms. The fourth-order valence-electron chi connectivity index (χ4n) is 2.60. The molecule has 0 spiro atoms. The monoisotopic (exact) mass is 276 g/mol. The molecule has 4 heteroatoms. The maximum atomic E-state index is 12.7. The lowest BCUT2D eigenvalue weighted by Crippen LogP contribution is -2.45. The first kappa shape index (κ1) is 14.9. The van der Waals surface area contributed by atoms with E-state index in [-0.39, 0.29) is 11.9 Å². The Morgan fingerprint density at radius 3 is 2.85 bits per heavy atom. The van der Waals surface area contributed by atoms with E-state index in [0.29, 0.717) is 19.1 Å². The Kier molecular flexibility index (Phi) is 5.01. The molecule has 0 saturated carbocycles. The van der Waals surface area contributed by atoms with Crippen LogP contribution in [-0.4, -0.2) is 43.7 Å². The number of hydrogen-bond donors (Lipinski definition) is 1. The van der Waals surface area contributed by atoms with Crippen molar-refractivity contribution in [2.75, 3.05) is 32.1 Å². The molecule has 1 atom stereocenters. The second-order valence-electron chi connectivity index (χ2n) is 5.73. The van der Waals surface area contributed by atoms with Gasteiger partial charge in [0, 0.05) is 32.3 Å². The summed E-state index contributed by atoms with van der Waals surface area (Å²) in [5.74, 6) is 0.631. The van der Waals surface area contributed by atoms with Crippen LogP contribution in [0.2, 0.25) is 0 Å². The highest BCUT2D eigenvalue weighted by Gasteiger charge is 2.30. The summed E-state index contributed by atoms with van der Waals surface area (Å²) < 4.78 is 5.11. The van der Waals surface area contributed by atoms with Crippen molar-refractivity contribution in [1.82, 2.24) is 4.90 Å². The fraction of sp³-hybridized carbons (Fsp3) is 0.562. The lowest BCUT2D eigenvalue weighted by Gasteiger charge is -2.27. The summed E-state index contributed by atoms with van der Waals surface area (Å²) in [6.45, 7) is 6.27. The molecule has 1 aromatic rings. The smallest absolute Gasteiger partial charge is 0.245 e. The number of ether oxygens (including phenoxy) is 1. The van der Waals surface area contributed by atoms with E-state index in [1.165, 1.54) is 5.56 Å². The molecule has 1 heterocycles. The minimum atomic E-state index is -0.136. The van der Waals surface area contributed by atoms with Gasteiger partial charge in [-0.2, -0.15) is 0 Å². The average molecular weight is 276 g/mol. The molecule has 4 nitrogen and oxygen atoms in total. The molecule has 0 bridgehead atoms. The summed E-state index contributed by atoms with van der Waals surface area (Å²) in [4.78, 5) is 14.6. The van der Waals surface area contributed by atoms with Crippen LogP contribution in [0.4, 0.5) is 5.69 Å². The van der Waals surface area contributed by atoms with E-state index in [2.05, 4.69) is 25.2 Å². The van der Waals surface area contributed by atoms with Crippen LogP contribution in [0.25, 0.3) is 0 Å². The van der Waals surface area contributed by atoms with Crippen molar-refractivity contribution in [2.45, 2.75) is 26.3 Å². The Morgan fingerprint density at radius 2 is 2.20 bits per heavy atom. The van der Waals surface area contributed by atoms with Gasteiger partial charge < -0.3 is 15.0 Å². The van der Waals surface area contributed by atoms with E-state index in [1.807, 2.05) is 23.1 Å². The van der Waals surface area contributed by atoms with Crippen molar-refractivity contribution in [1.29, 1.82) is 0 Å². The highest BCUT2D eigenvalue weighted by molar-refractivity contribution is 5.87. The van der Waals surface area contributed by atoms with Crippen LogP contribution in [0.5, 0.6) is 0 Å². The van der Waals surface area contributed by atoms with Crippen molar-refractivity contribution in [2.24, 2.45) is 5.92 Å². The number of rotatable bonds is 6. The van der Waals surface area contributed by atoms with Gasteiger partial charge >= 0.3 is 0 Å². The summed E-state index contributed by atoms with van der Waals surface area (Å²) >= 11 is 0. The van der Waals surface area contributed by atoms with E-state index in [9.17, 15) is 4.79 Å². The first-order chi connectivity index (χ1) is 9.61. The number of nitrogens with zero attached hydrogens (tertiary/aromatic N) is 1. The van der Waals surface area contributed by atoms with E-state index < -0.39 is 0 Å². The lowest BCUT2D eigenvalue weighted by atomic mass is 10.1. The molecule has 1 aliphatic heterocycles. The third-order valence-corrected chi connectivity index (χ3v) is 3.53. The highest BCUT2D eigenvalue weighted by atomic mass is 16.5. The molecule has 0 saturated heterocycles. The van der Waals surface area contributed by atoms with Gasteiger partial charge in [-0.3, -0.25) is 4.79 Å². The number of amides is 1. The van der Waals surface area contributed by atoms with Crippen molar-refractivity contribution < 1.29 is 9.53 Å². The number of carbonyl (C=O) groups is 1. The topological polar surface area (TPSA) is 41.6 Å². The van der Waals surface area contributed by atoms with Gasteiger partial charge in [-0.15, -0.1) is 0 Å². The number of hydrogen-bond acceptors (Lipinski definition) is 3. The molecule has 110 valence electrons. The van der Waals surface area contributed by atoms with Gasteiger partial charge in [0.25, 0.3) is 0 Å². The van der Waals surface area contributed by atoms with E-state index in [4.69, 9.17) is 4.74 Å². The summed E-state index contributed by atoms with van der Waals surface area (Å²) in [6, 6.07) is 7.99. The molecule has 1 aliphatic rings. The predicted octanol–water partition coefficient (Wildman–Crippen LogP) is 2.15. The second-order valence-corrected chi connectivity index (χ2v) is 5.73. The highest BCUT2D eigenvalue weighted by Crippen LogP contribution is 2.26. The number of methoxy groups -OCH3 is 1. The molecular formula is C16H24N2O2. The standard InChI is InChI=1S/C16H24N2O2/c1-12(2)11-18(8-9-20-3)16(19)15-10-13-6-4-5-7-14(13)17-15/h4-7,12,15,17H,8-11H2,1-3H3/t15-/m0/s1. The molecule has 0 aromatic heterocycles. The predicted molar refractivity (Wildman–Crippen MR) is 80.9 cm³/mol. The van der Waals surface area contributed by atoms with Crippen LogP contribution in [0.15, 0.2) is 24.3 Å². The molecular weight excluding hydrogens is 252 g/mol. The Labute approximate surface area is 121 Å². The van der Waals surface area contributed by atoms with Crippen molar-refractivity contribution in [3.05, 3.63) is 29.8 Å². The van der Waals surface area contributed by atoms with E-state index >= 15 is 0 Å². The molecule has 1 N–H and O–H groups in total. The zero-order valence-electron chi connectivity index (χ0n) is 12.6. The largest absolute Gasteiger partial charge is 0.383 e. The quantitative estimate of drug-likeness (QED) is 0.865. The average Bonchev–Trinajstić information content (AvgIpc) is 2.86. The summed E-state index contributed by atoms with van der Waals surface area (Å²) in [6.07, 6.45) is 0.774. The van der Waals surface area contributed by atoms with Crippen molar-refractivity contribution >= 4 is 11.6 Å². The maximum Gasteiger partial charge on any atom is 0.245 e. The fourth-order valence-corrected chi connectivity index (χ4v) is 2.60. The SMILES string of the molecule is COCCN(CC(C)C)C(=O)[C@@H]1Cc2ccccc2N1. The molecule has 0 aliphatic carbocycles. The van der Waals surface area contributed by atoms with E-state index in [1.54, 1.807) is 7.11 Å². The molecule has 0 fully saturated rings. The molecule has 1 amide bonds. The molecule has 2 rings (SSSR count). The summed E-state index contributed by atoms with van der Waals surface area (Å²) in [5.41, 5.74) is 2.31. The van der Waals surface area contributed by atoms with E-state index in [0.717, 1.165) is 18.7 Å². The van der Waals surface area contributed by atoms with Crippen LogP contribution in [0.3, 0.4) is 0 Å². The minimum Gasteiger partial charge on any atom is -0.383 e. The zero-order chi connectivity index (χ0) is 14.5. The third kappa shape index (κ3) is 3.51. The number of para-hydroxylation sites is 1. The first-order valence-corrected chi connectivity index (χ1v) is 7.24. The normalized spacial score (nSPS) is 16.9. The van der Waals surface area contributed by atoms with Crippen molar-refractivity contribution in [3.63, 3.8) is 0 Å². The zero-order valence-corrected chi connectivity index (χ0v) is 12.6. The van der Waals surface area contributed by atoms with Gasteiger partial charge in [0.2, 0.25) is 5.91 Å². The molecule has 1 aromatic carbocycles. The maximum absolute atomic E-state index is 12.7. The summed E-state index contributed by atoms with van der Waals surface area (Å²) in [7, 11) is 1.67. The van der Waals surface area contributed by atoms with Crippen LogP contribution < -0.4 is 5.32 Å². The van der Waals surface area contributed by atoms with Gasteiger partial charge in [0.05, 0.1) is 6.61 Å². The number of carbonyl (C=O) groups excluding carboxylic acids is 1. The van der Waals surface area contributed by atoms with Crippen LogP contribution in [0, 0.1) is 5.92 Å². The van der Waals surface area contributed by atoms with Crippen LogP contribution in [0.1, 0.15) is 19.4 Å². The van der Waals surface area contributed by atoms with Gasteiger partial charge in [-0.05, 0) is 17.5 Å². The molecule has 0 radical (unpaired) electrons. The first-order valence-electron chi connectivity index (χ1n) is 7.24. The van der Waals surface area contributed by atoms with Gasteiger partial charge in [-0.1, -0.05) is 32.0 Å². The second kappa shape index (κ2) is 6.75. The number of anilines is 1. The Bertz CT molecular complexity index is 435. The third-order valence-electron chi connectivity index (χ3n) is 3.53. The van der Waals surface area contributed by atoms with Crippen molar-refractivity contribution in [3.8, 4) is 0 Å². The Morgan fingerprint density at radius 1 is 1.45 bits per heavy atom. The number of nitrogens with one attached hydrogen (secondary N) is 1. The van der Waals surface area contributed by atoms with Gasteiger partial charge in [-0.25, -0.2) is 0 Å². The van der Waals surface area contributed by atoms with Gasteiger partial charge in [0.15, 0.2) is 0 Å². The number of benzene rings is 1. The lowest BCUT2D eigenvalue weighted by molar-refractivity contribution is -0.133. The Hall–Kier alpha value is -1.55. The number of fused-ring (bicyclic) bond motifs is 1. The van der Waals surface area contributed by atoms with Crippen LogP contribution >= 0.6 is 0 Å².